The van der Waals surface area contributed by atoms with Crippen LogP contribution in [0, 0.1) is 0 Å². The average molecular weight is 583 g/mol. The van der Waals surface area contributed by atoms with Gasteiger partial charge >= 0.3 is 0 Å². The van der Waals surface area contributed by atoms with E-state index in [0.29, 0.717) is 0 Å². The summed E-state index contributed by atoms with van der Waals surface area (Å²) >= 11 is 0. The first kappa shape index (κ1) is 35.3. The second-order valence-electron chi connectivity index (χ2n) is 18.1. The largest absolute Gasteiger partial charge is 0.0890 e. The molecule has 2 aromatic rings. The molecular weight excluding hydrogens is 521 g/mol. The van der Waals surface area contributed by atoms with Gasteiger partial charge in [0.25, 0.3) is 0 Å². The van der Waals surface area contributed by atoms with E-state index in [4.69, 9.17) is 0 Å². The van der Waals surface area contributed by atoms with Crippen molar-refractivity contribution in [2.75, 3.05) is 0 Å². The van der Waals surface area contributed by atoms with Gasteiger partial charge in [-0.3, -0.25) is 0 Å². The van der Waals surface area contributed by atoms with Gasteiger partial charge in [-0.2, -0.15) is 0 Å². The Labute approximate surface area is 258 Å². The van der Waals surface area contributed by atoms with Gasteiger partial charge in [-0.1, -0.05) is 170 Å². The lowest BCUT2D eigenvalue weighted by Crippen LogP contribution is -2.24. The Morgan fingerprint density at radius 2 is 0.550 bits per heavy atom. The van der Waals surface area contributed by atoms with Crippen molar-refractivity contribution < 1.29 is 0 Å². The first-order valence-corrected chi connectivity index (χ1v) is 17.7. The highest BCUT2D eigenvalue weighted by Gasteiger charge is 2.31. The molecule has 0 aliphatic heterocycles. The van der Waals surface area contributed by atoms with Gasteiger partial charge in [0, 0.05) is 11.5 Å². The first-order chi connectivity index (χ1) is 17.6. The van der Waals surface area contributed by atoms with Crippen molar-refractivity contribution in [2.45, 2.75) is 169 Å². The zero-order valence-electron chi connectivity index (χ0n) is 29.5. The van der Waals surface area contributed by atoms with Crippen LogP contribution in [-0.2, 0) is 44.0 Å². The smallest absolute Gasteiger partial charge is 0.0294 e. The van der Waals surface area contributed by atoms with Crippen molar-refractivity contribution in [1.82, 2.24) is 0 Å². The van der Waals surface area contributed by atoms with Crippen LogP contribution in [0.5, 0.6) is 0 Å². The topological polar surface area (TPSA) is 0 Å². The minimum Gasteiger partial charge on any atom is -0.0890 e. The molecule has 0 N–H and O–H groups in total. The maximum Gasteiger partial charge on any atom is 0.0294 e. The molecule has 226 valence electrons. The molecule has 0 nitrogen and oxygen atoms in total. The van der Waals surface area contributed by atoms with Crippen molar-refractivity contribution in [2.24, 2.45) is 0 Å². The molecule has 0 amide bonds. The molecule has 0 unspecified atom stereocenters. The van der Waals surface area contributed by atoms with E-state index in [1.54, 1.807) is 11.1 Å². The minimum atomic E-state index is 0.101. The molecule has 0 aromatic heterocycles. The van der Waals surface area contributed by atoms with E-state index in [-0.39, 0.29) is 32.5 Å². The lowest BCUT2D eigenvalue weighted by Gasteiger charge is -2.34. The van der Waals surface area contributed by atoms with Gasteiger partial charge in [0.2, 0.25) is 0 Å². The minimum absolute atomic E-state index is 0.101. The maximum absolute atomic E-state index is 2.51. The monoisotopic (exact) mass is 582 g/mol. The van der Waals surface area contributed by atoms with Gasteiger partial charge < -0.3 is 0 Å². The van der Waals surface area contributed by atoms with E-state index in [2.05, 4.69) is 149 Å². The highest BCUT2D eigenvalue weighted by molar-refractivity contribution is 8.76. The third-order valence-electron chi connectivity index (χ3n) is 7.95. The normalized spacial score (nSPS) is 14.2. The van der Waals surface area contributed by atoms with Gasteiger partial charge in [0.05, 0.1) is 0 Å². The quantitative estimate of drug-likeness (QED) is 0.254. The van der Waals surface area contributed by atoms with Gasteiger partial charge in [0.1, 0.15) is 0 Å². The fraction of sp³-hybridized carbons (Fsp3) is 0.684. The lowest BCUT2D eigenvalue weighted by molar-refractivity contribution is 0.541. The Hall–Kier alpha value is -0.860. The summed E-state index contributed by atoms with van der Waals surface area (Å²) in [5.41, 5.74) is 12.7. The van der Waals surface area contributed by atoms with Gasteiger partial charge in [-0.25, -0.2) is 0 Å². The van der Waals surface area contributed by atoms with Crippen LogP contribution >= 0.6 is 21.6 Å². The Morgan fingerprint density at radius 3 is 0.700 bits per heavy atom. The molecule has 2 heteroatoms. The fourth-order valence-corrected chi connectivity index (χ4v) is 7.63. The van der Waals surface area contributed by atoms with E-state index >= 15 is 0 Å². The summed E-state index contributed by atoms with van der Waals surface area (Å²) in [5, 5.41) is 0. The second kappa shape index (κ2) is 11.7. The molecule has 2 aromatic carbocycles. The van der Waals surface area contributed by atoms with Gasteiger partial charge in [-0.15, -0.1) is 0 Å². The zero-order chi connectivity index (χ0) is 31.3. The summed E-state index contributed by atoms with van der Waals surface area (Å²) in [4.78, 5) is 0. The molecule has 0 spiro atoms. The Bertz CT molecular complexity index is 1010. The highest BCUT2D eigenvalue weighted by atomic mass is 33.1. The predicted molar refractivity (Wildman–Crippen MR) is 188 cm³/mol. The molecule has 0 bridgehead atoms. The number of hydrogen-bond acceptors (Lipinski definition) is 2. The number of benzene rings is 2. The highest BCUT2D eigenvalue weighted by Crippen LogP contribution is 2.44. The van der Waals surface area contributed by atoms with Gasteiger partial charge in [-0.05, 0) is 77.0 Å². The standard InChI is InChI=1S/C38H62S2/c1-33(2,3)25-19-29(35(7,8)9)27(30(20-25)36(10,11)12)23-39-40-24-28-31(37(13,14)15)21-26(34(4,5)6)22-32(28)38(16,17)18/h19-22H,23-24H2,1-18H3. The molecule has 0 aliphatic carbocycles. The van der Waals surface area contributed by atoms with Crippen LogP contribution in [0.15, 0.2) is 24.3 Å². The van der Waals surface area contributed by atoms with E-state index in [1.807, 2.05) is 21.6 Å². The molecule has 0 heterocycles. The lowest BCUT2D eigenvalue weighted by atomic mass is 9.72. The summed E-state index contributed by atoms with van der Waals surface area (Å²) in [6.45, 7) is 42.6. The molecular formula is C38H62S2. The summed E-state index contributed by atoms with van der Waals surface area (Å²) in [5.74, 6) is 2.06. The summed E-state index contributed by atoms with van der Waals surface area (Å²) in [6.07, 6.45) is 0. The zero-order valence-corrected chi connectivity index (χ0v) is 31.2. The van der Waals surface area contributed by atoms with Crippen molar-refractivity contribution >= 4 is 21.6 Å². The molecule has 0 aliphatic rings. The van der Waals surface area contributed by atoms with Crippen molar-refractivity contribution in [1.29, 1.82) is 0 Å². The SMILES string of the molecule is CC(C)(C)c1cc(C(C)(C)C)c(CSSCc2c(C(C)(C)C)cc(C(C)(C)C)cc2C(C)(C)C)c(C(C)(C)C)c1. The van der Waals surface area contributed by atoms with Crippen molar-refractivity contribution in [3.05, 3.63) is 68.8 Å². The summed E-state index contributed by atoms with van der Waals surface area (Å²) in [6, 6.07) is 10.0. The van der Waals surface area contributed by atoms with Crippen molar-refractivity contribution in [3.63, 3.8) is 0 Å². The van der Waals surface area contributed by atoms with E-state index in [0.717, 1.165) is 11.5 Å². The molecule has 0 radical (unpaired) electrons. The predicted octanol–water partition coefficient (Wildman–Crippen LogP) is 12.6. The second-order valence-corrected chi connectivity index (χ2v) is 20.6. The molecule has 0 saturated heterocycles. The number of rotatable bonds is 5. The first-order valence-electron chi connectivity index (χ1n) is 15.3. The van der Waals surface area contributed by atoms with Gasteiger partial charge in [0.15, 0.2) is 0 Å². The summed E-state index contributed by atoms with van der Waals surface area (Å²) in [7, 11) is 4.08. The molecule has 0 fully saturated rings. The Balaban J connectivity index is 2.56. The van der Waals surface area contributed by atoms with E-state index < -0.39 is 0 Å². The molecule has 40 heavy (non-hydrogen) atoms. The molecule has 0 saturated carbocycles. The van der Waals surface area contributed by atoms with E-state index in [1.165, 1.54) is 33.4 Å². The van der Waals surface area contributed by atoms with Crippen LogP contribution in [-0.4, -0.2) is 0 Å². The van der Waals surface area contributed by atoms with Crippen molar-refractivity contribution in [3.8, 4) is 0 Å². The molecule has 2 rings (SSSR count). The Kier molecular flexibility index (Phi) is 10.3. The van der Waals surface area contributed by atoms with Crippen LogP contribution in [0.4, 0.5) is 0 Å². The summed E-state index contributed by atoms with van der Waals surface area (Å²) < 4.78 is 0. The van der Waals surface area contributed by atoms with Crippen LogP contribution in [0.2, 0.25) is 0 Å². The average Bonchev–Trinajstić information content (AvgIpc) is 2.71. The fourth-order valence-electron chi connectivity index (χ4n) is 5.40. The van der Waals surface area contributed by atoms with Crippen LogP contribution in [0.1, 0.15) is 169 Å². The van der Waals surface area contributed by atoms with Crippen LogP contribution in [0.25, 0.3) is 0 Å². The molecule has 0 atom stereocenters. The Morgan fingerprint density at radius 1 is 0.350 bits per heavy atom. The number of hydrogen-bond donors (Lipinski definition) is 0. The van der Waals surface area contributed by atoms with E-state index in [9.17, 15) is 0 Å². The third kappa shape index (κ3) is 8.82. The maximum atomic E-state index is 2.51. The third-order valence-corrected chi connectivity index (χ3v) is 10.1. The van der Waals surface area contributed by atoms with Crippen LogP contribution in [0.3, 0.4) is 0 Å². The van der Waals surface area contributed by atoms with Crippen LogP contribution < -0.4 is 0 Å².